The minimum Gasteiger partial charge on any atom is -0.466 e. The second-order valence-electron chi connectivity index (χ2n) is 12.7. The molecule has 3 aliphatic rings. The van der Waals surface area contributed by atoms with Crippen molar-refractivity contribution in [1.29, 1.82) is 0 Å². The van der Waals surface area contributed by atoms with E-state index in [0.29, 0.717) is 12.8 Å². The molecule has 0 aliphatic heterocycles. The lowest BCUT2D eigenvalue weighted by Crippen LogP contribution is -2.63. The van der Waals surface area contributed by atoms with Crippen LogP contribution >= 0.6 is 0 Å². The fourth-order valence-corrected chi connectivity index (χ4v) is 8.74. The molecule has 1 N–H and O–H groups in total. The number of Topliss-reactive ketones (excluding diaryl/α,β-unsaturated/α-hetero) is 1. The molecule has 0 radical (unpaired) electrons. The zero-order valence-electron chi connectivity index (χ0n) is 24.7. The first kappa shape index (κ1) is 31.4. The summed E-state index contributed by atoms with van der Waals surface area (Å²) in [5.74, 6) is -2.07. The highest BCUT2D eigenvalue weighted by atomic mass is 32.2. The molecule has 3 fully saturated rings. The zero-order chi connectivity index (χ0) is 30.4. The molecule has 0 unspecified atom stereocenters. The lowest BCUT2D eigenvalue weighted by Gasteiger charge is -2.61. The lowest BCUT2D eigenvalue weighted by molar-refractivity contribution is -0.207. The molecule has 0 saturated heterocycles. The monoisotopic (exact) mass is 590 g/mol. The number of methoxy groups -OCH3 is 1. The van der Waals surface area contributed by atoms with Gasteiger partial charge in [0.1, 0.15) is 11.9 Å². The van der Waals surface area contributed by atoms with Crippen LogP contribution in [0.15, 0.2) is 41.3 Å². The van der Waals surface area contributed by atoms with Crippen molar-refractivity contribution in [1.82, 2.24) is 0 Å². The van der Waals surface area contributed by atoms with Crippen molar-refractivity contribution >= 4 is 27.8 Å². The van der Waals surface area contributed by atoms with Crippen LogP contribution < -0.4 is 0 Å². The van der Waals surface area contributed by atoms with E-state index in [1.54, 1.807) is 18.2 Å². The summed E-state index contributed by atoms with van der Waals surface area (Å²) in [6.45, 7) is 8.81. The summed E-state index contributed by atoms with van der Waals surface area (Å²) < 4.78 is 41.4. The summed E-state index contributed by atoms with van der Waals surface area (Å²) in [5, 5.41) is 11.8. The average Bonchev–Trinajstić information content (AvgIpc) is 3.29. The largest absolute Gasteiger partial charge is 0.466 e. The van der Waals surface area contributed by atoms with Gasteiger partial charge in [0.05, 0.1) is 18.1 Å². The number of hydrogen-bond acceptors (Lipinski definition) is 9. The van der Waals surface area contributed by atoms with E-state index in [2.05, 4.69) is 6.92 Å². The number of carbonyl (C=O) groups excluding carboxylic acids is 3. The molecule has 2 bridgehead atoms. The molecule has 226 valence electrons. The molecule has 0 heterocycles. The van der Waals surface area contributed by atoms with Crippen molar-refractivity contribution in [3.05, 3.63) is 42.0 Å². The van der Waals surface area contributed by atoms with Crippen LogP contribution in [0.4, 0.5) is 0 Å². The van der Waals surface area contributed by atoms with Crippen molar-refractivity contribution in [3.63, 3.8) is 0 Å². The second kappa shape index (κ2) is 11.3. The molecule has 10 heteroatoms. The van der Waals surface area contributed by atoms with Gasteiger partial charge in [0.25, 0.3) is 10.1 Å². The van der Waals surface area contributed by atoms with Crippen molar-refractivity contribution in [3.8, 4) is 0 Å². The Hall–Kier alpha value is -2.56. The minimum atomic E-state index is -4.21. The van der Waals surface area contributed by atoms with Gasteiger partial charge < -0.3 is 14.6 Å². The van der Waals surface area contributed by atoms with E-state index in [0.717, 1.165) is 18.4 Å². The van der Waals surface area contributed by atoms with E-state index in [9.17, 15) is 27.9 Å². The second-order valence-corrected chi connectivity index (χ2v) is 14.4. The highest BCUT2D eigenvalue weighted by molar-refractivity contribution is 7.86. The van der Waals surface area contributed by atoms with Gasteiger partial charge >= 0.3 is 11.9 Å². The van der Waals surface area contributed by atoms with Crippen LogP contribution in [0.5, 0.6) is 0 Å². The molecule has 0 aromatic heterocycles. The molecule has 9 nitrogen and oxygen atoms in total. The van der Waals surface area contributed by atoms with Crippen LogP contribution in [0.1, 0.15) is 65.4 Å². The highest BCUT2D eigenvalue weighted by Crippen LogP contribution is 2.68. The van der Waals surface area contributed by atoms with Crippen LogP contribution in [-0.2, 0) is 38.2 Å². The summed E-state index contributed by atoms with van der Waals surface area (Å²) in [4.78, 5) is 38.8. The first-order valence-corrected chi connectivity index (χ1v) is 15.6. The molecule has 8 atom stereocenters. The molecule has 0 spiro atoms. The van der Waals surface area contributed by atoms with E-state index < -0.39 is 63.0 Å². The first-order valence-electron chi connectivity index (χ1n) is 14.2. The first-order chi connectivity index (χ1) is 19.1. The van der Waals surface area contributed by atoms with Gasteiger partial charge in [-0.05, 0) is 62.0 Å². The van der Waals surface area contributed by atoms with Crippen molar-refractivity contribution in [2.45, 2.75) is 83.8 Å². The fraction of sp³-hybridized carbons (Fsp3) is 0.645. The molecule has 3 saturated carbocycles. The Labute approximate surface area is 242 Å². The predicted octanol–water partition coefficient (Wildman–Crippen LogP) is 4.15. The Kier molecular flexibility index (Phi) is 8.62. The molecule has 4 rings (SSSR count). The molecule has 3 aliphatic carbocycles. The normalized spacial score (nSPS) is 37.2. The van der Waals surface area contributed by atoms with E-state index in [1.165, 1.54) is 25.3 Å². The van der Waals surface area contributed by atoms with Gasteiger partial charge in [-0.25, -0.2) is 9.59 Å². The Morgan fingerprint density at radius 3 is 2.41 bits per heavy atom. The third-order valence-electron chi connectivity index (χ3n) is 10.6. The SMILES string of the molecule is COC(=O)/C=C/[C@]1(C)C[C@@H](OC(=O)COS(=O)(=O)c2ccc(C)cc2)[C@]2(C)[C@H](C)CC[C@]3(CCC(=O)[C@H]32)[C@@H](C)[C@@H]1O. The number of aliphatic hydroxyl groups excluding tert-OH is 1. The van der Waals surface area contributed by atoms with Gasteiger partial charge in [-0.15, -0.1) is 0 Å². The maximum Gasteiger partial charge on any atom is 0.333 e. The zero-order valence-corrected chi connectivity index (χ0v) is 25.5. The number of ether oxygens (including phenoxy) is 2. The Bertz CT molecular complexity index is 1320. The number of hydrogen-bond donors (Lipinski definition) is 1. The maximum atomic E-state index is 13.6. The minimum absolute atomic E-state index is 0.00559. The number of aryl methyl sites for hydroxylation is 1. The highest BCUT2D eigenvalue weighted by Gasteiger charge is 2.68. The summed E-state index contributed by atoms with van der Waals surface area (Å²) in [6, 6.07) is 6.08. The molecule has 41 heavy (non-hydrogen) atoms. The Morgan fingerprint density at radius 2 is 1.78 bits per heavy atom. The number of ketones is 1. The van der Waals surface area contributed by atoms with Gasteiger partial charge in [0, 0.05) is 29.2 Å². The number of aliphatic hydroxyl groups is 1. The van der Waals surface area contributed by atoms with E-state index in [-0.39, 0.29) is 28.9 Å². The topological polar surface area (TPSA) is 133 Å². The lowest BCUT2D eigenvalue weighted by atomic mass is 9.44. The van der Waals surface area contributed by atoms with Crippen LogP contribution in [0.3, 0.4) is 0 Å². The fourth-order valence-electron chi connectivity index (χ4n) is 7.88. The van der Waals surface area contributed by atoms with Crippen LogP contribution in [0, 0.1) is 40.9 Å². The van der Waals surface area contributed by atoms with E-state index >= 15 is 0 Å². The molecule has 1 aromatic carbocycles. The number of carbonyl (C=O) groups is 3. The third kappa shape index (κ3) is 5.50. The number of esters is 2. The Balaban J connectivity index is 1.70. The van der Waals surface area contributed by atoms with Crippen molar-refractivity contribution < 1.29 is 41.6 Å². The summed E-state index contributed by atoms with van der Waals surface area (Å²) >= 11 is 0. The molecule has 0 amide bonds. The summed E-state index contributed by atoms with van der Waals surface area (Å²) in [5.41, 5.74) is -1.42. The average molecular weight is 591 g/mol. The summed E-state index contributed by atoms with van der Waals surface area (Å²) in [7, 11) is -2.94. The van der Waals surface area contributed by atoms with Crippen LogP contribution in [-0.4, -0.2) is 57.2 Å². The number of rotatable bonds is 7. The summed E-state index contributed by atoms with van der Waals surface area (Å²) in [6.07, 6.45) is 3.74. The van der Waals surface area contributed by atoms with E-state index in [1.807, 2.05) is 27.7 Å². The van der Waals surface area contributed by atoms with Crippen LogP contribution in [0.2, 0.25) is 0 Å². The van der Waals surface area contributed by atoms with Gasteiger partial charge in [0.2, 0.25) is 0 Å². The standard InChI is InChI=1S/C31H42O9S/c1-19-7-9-22(10-8-19)41(36,37)39-18-26(34)40-24-17-29(4,14-13-25(33)38-6)28(35)21(3)31-15-11-20(2)30(24,5)27(31)23(32)12-16-31/h7-10,13-14,20-21,24,27-28,35H,11-12,15-18H2,1-6H3/b14-13+/t20-,21+,24-,27+,28+,29-,30+,31+/m1/s1. The van der Waals surface area contributed by atoms with Gasteiger partial charge in [-0.3, -0.25) is 8.98 Å². The van der Waals surface area contributed by atoms with Crippen molar-refractivity contribution in [2.24, 2.45) is 34.0 Å². The smallest absolute Gasteiger partial charge is 0.333 e. The van der Waals surface area contributed by atoms with Crippen LogP contribution in [0.25, 0.3) is 0 Å². The molecular formula is C31H42O9S. The van der Waals surface area contributed by atoms with Gasteiger partial charge in [-0.1, -0.05) is 51.5 Å². The molecular weight excluding hydrogens is 548 g/mol. The quantitative estimate of drug-likeness (QED) is 0.282. The number of benzene rings is 1. The predicted molar refractivity (Wildman–Crippen MR) is 150 cm³/mol. The van der Waals surface area contributed by atoms with Gasteiger partial charge in [0.15, 0.2) is 6.61 Å². The third-order valence-corrected chi connectivity index (χ3v) is 11.8. The van der Waals surface area contributed by atoms with E-state index in [4.69, 9.17) is 13.7 Å². The van der Waals surface area contributed by atoms with Crippen molar-refractivity contribution in [2.75, 3.05) is 13.7 Å². The maximum absolute atomic E-state index is 13.6. The molecule has 1 aromatic rings. The van der Waals surface area contributed by atoms with Gasteiger partial charge in [-0.2, -0.15) is 8.42 Å². The Morgan fingerprint density at radius 1 is 1.12 bits per heavy atom.